The molecule has 2 aromatic carbocycles. The molecule has 2 unspecified atom stereocenters. The summed E-state index contributed by atoms with van der Waals surface area (Å²) in [6, 6.07) is 11.7. The van der Waals surface area contributed by atoms with Gasteiger partial charge in [0.25, 0.3) is 0 Å². The predicted molar refractivity (Wildman–Crippen MR) is 96.8 cm³/mol. The predicted octanol–water partition coefficient (Wildman–Crippen LogP) is 4.86. The first-order valence-corrected chi connectivity index (χ1v) is 8.39. The fourth-order valence-corrected chi connectivity index (χ4v) is 3.15. The molecule has 0 aromatic heterocycles. The molecule has 4 nitrogen and oxygen atoms in total. The molecule has 3 rings (SSSR count). The quantitative estimate of drug-likeness (QED) is 0.792. The molecule has 0 heterocycles. The Morgan fingerprint density at radius 3 is 1.92 bits per heavy atom. The lowest BCUT2D eigenvalue weighted by molar-refractivity contribution is -0.122. The van der Waals surface area contributed by atoms with Gasteiger partial charge in [0, 0.05) is 26.4 Å². The Labute approximate surface area is 154 Å². The Hall–Kier alpha value is -1.75. The third-order valence-electron chi connectivity index (χ3n) is 3.69. The summed E-state index contributed by atoms with van der Waals surface area (Å²) in [5.74, 6) is -1.12. The van der Waals surface area contributed by atoms with Gasteiger partial charge in [-0.25, -0.2) is 0 Å². The van der Waals surface area contributed by atoms with Crippen LogP contribution in [0.25, 0.3) is 0 Å². The summed E-state index contributed by atoms with van der Waals surface area (Å²) in [5.41, 5.74) is 1.12. The zero-order valence-corrected chi connectivity index (χ0v) is 14.6. The van der Waals surface area contributed by atoms with Gasteiger partial charge in [-0.15, -0.1) is 0 Å². The fraction of sp³-hybridized carbons (Fsp3) is 0.176. The van der Waals surface area contributed by atoms with Crippen LogP contribution >= 0.6 is 34.8 Å². The maximum absolute atomic E-state index is 12.2. The van der Waals surface area contributed by atoms with Crippen molar-refractivity contribution in [3.05, 3.63) is 57.5 Å². The molecule has 2 amide bonds. The molecule has 0 aliphatic heterocycles. The van der Waals surface area contributed by atoms with Crippen LogP contribution in [0.5, 0.6) is 0 Å². The molecule has 1 saturated carbocycles. The summed E-state index contributed by atoms with van der Waals surface area (Å²) in [7, 11) is 0. The maximum Gasteiger partial charge on any atom is 0.228 e. The van der Waals surface area contributed by atoms with Crippen LogP contribution in [0, 0.1) is 11.8 Å². The van der Waals surface area contributed by atoms with Crippen LogP contribution < -0.4 is 10.6 Å². The summed E-state index contributed by atoms with van der Waals surface area (Å²) < 4.78 is 0. The molecule has 7 heteroatoms. The number of carbonyl (C=O) groups is 2. The fourth-order valence-electron chi connectivity index (χ4n) is 2.44. The van der Waals surface area contributed by atoms with E-state index in [1.54, 1.807) is 42.5 Å². The summed E-state index contributed by atoms with van der Waals surface area (Å²) in [6.45, 7) is 0. The molecule has 2 atom stereocenters. The minimum Gasteiger partial charge on any atom is -0.326 e. The highest BCUT2D eigenvalue weighted by atomic mass is 35.5. The monoisotopic (exact) mass is 382 g/mol. The molecule has 0 radical (unpaired) electrons. The van der Waals surface area contributed by atoms with Crippen molar-refractivity contribution in [3.8, 4) is 0 Å². The van der Waals surface area contributed by atoms with Crippen molar-refractivity contribution in [3.63, 3.8) is 0 Å². The lowest BCUT2D eigenvalue weighted by Crippen LogP contribution is -2.20. The zero-order valence-electron chi connectivity index (χ0n) is 12.4. The highest BCUT2D eigenvalue weighted by Crippen LogP contribution is 2.40. The summed E-state index contributed by atoms with van der Waals surface area (Å²) in [5, 5.41) is 6.91. The van der Waals surface area contributed by atoms with Gasteiger partial charge in [-0.3, -0.25) is 9.59 Å². The Kier molecular flexibility index (Phi) is 4.99. The van der Waals surface area contributed by atoms with Crippen LogP contribution in [0.4, 0.5) is 11.4 Å². The van der Waals surface area contributed by atoms with Gasteiger partial charge in [0.05, 0.1) is 11.8 Å². The van der Waals surface area contributed by atoms with Crippen LogP contribution in [0.15, 0.2) is 42.5 Å². The molecule has 0 spiro atoms. The standard InChI is InChI=1S/C17H13Cl3N2O2/c18-9-2-1-3-12(5-9)21-16(23)14-8-15(14)17(24)22-13-6-10(19)4-11(20)7-13/h1-7,14-15H,8H2,(H,21,23)(H,22,24). The molecule has 2 aromatic rings. The van der Waals surface area contributed by atoms with Crippen molar-refractivity contribution >= 4 is 58.0 Å². The van der Waals surface area contributed by atoms with Gasteiger partial charge in [-0.1, -0.05) is 40.9 Å². The van der Waals surface area contributed by atoms with E-state index in [4.69, 9.17) is 34.8 Å². The highest BCUT2D eigenvalue weighted by Gasteiger charge is 2.48. The van der Waals surface area contributed by atoms with Crippen molar-refractivity contribution in [2.75, 3.05) is 10.6 Å². The molecule has 0 saturated heterocycles. The van der Waals surface area contributed by atoms with Gasteiger partial charge < -0.3 is 10.6 Å². The molecule has 0 bridgehead atoms. The first-order chi connectivity index (χ1) is 11.4. The molecule has 124 valence electrons. The minimum atomic E-state index is -0.359. The molecular weight excluding hydrogens is 371 g/mol. The van der Waals surface area contributed by atoms with Crippen molar-refractivity contribution in [2.24, 2.45) is 11.8 Å². The normalized spacial score (nSPS) is 18.8. The number of carbonyl (C=O) groups excluding carboxylic acids is 2. The zero-order chi connectivity index (χ0) is 17.3. The van der Waals surface area contributed by atoms with Crippen LogP contribution in [-0.4, -0.2) is 11.8 Å². The van der Waals surface area contributed by atoms with Crippen molar-refractivity contribution in [1.29, 1.82) is 0 Å². The number of hydrogen-bond donors (Lipinski definition) is 2. The van der Waals surface area contributed by atoms with Gasteiger partial charge in [0.15, 0.2) is 0 Å². The number of nitrogens with one attached hydrogen (secondary N) is 2. The lowest BCUT2D eigenvalue weighted by atomic mass is 10.2. The van der Waals surface area contributed by atoms with Crippen molar-refractivity contribution in [1.82, 2.24) is 0 Å². The van der Waals surface area contributed by atoms with Crippen LogP contribution in [0.2, 0.25) is 15.1 Å². The third-order valence-corrected chi connectivity index (χ3v) is 4.36. The average molecular weight is 384 g/mol. The van der Waals surface area contributed by atoms with E-state index in [9.17, 15) is 9.59 Å². The number of benzene rings is 2. The number of anilines is 2. The first-order valence-electron chi connectivity index (χ1n) is 7.26. The van der Waals surface area contributed by atoms with Gasteiger partial charge >= 0.3 is 0 Å². The summed E-state index contributed by atoms with van der Waals surface area (Å²) >= 11 is 17.7. The number of halogens is 3. The van der Waals surface area contributed by atoms with E-state index >= 15 is 0 Å². The Morgan fingerprint density at radius 1 is 0.792 bits per heavy atom. The highest BCUT2D eigenvalue weighted by molar-refractivity contribution is 6.35. The maximum atomic E-state index is 12.2. The van der Waals surface area contributed by atoms with E-state index in [2.05, 4.69) is 10.6 Å². The number of rotatable bonds is 4. The minimum absolute atomic E-state index is 0.193. The van der Waals surface area contributed by atoms with E-state index in [1.165, 1.54) is 0 Å². The number of amides is 2. The van der Waals surface area contributed by atoms with E-state index < -0.39 is 0 Å². The van der Waals surface area contributed by atoms with Gasteiger partial charge in [-0.2, -0.15) is 0 Å². The topological polar surface area (TPSA) is 58.2 Å². The molecule has 24 heavy (non-hydrogen) atoms. The van der Waals surface area contributed by atoms with E-state index in [0.717, 1.165) is 0 Å². The van der Waals surface area contributed by atoms with Gasteiger partial charge in [-0.05, 0) is 42.8 Å². The van der Waals surface area contributed by atoms with Crippen LogP contribution in [-0.2, 0) is 9.59 Å². The summed E-state index contributed by atoms with van der Waals surface area (Å²) in [4.78, 5) is 24.4. The molecule has 2 N–H and O–H groups in total. The second-order valence-corrected chi connectivity index (χ2v) is 6.90. The molecule has 1 fully saturated rings. The average Bonchev–Trinajstić information content (AvgIpc) is 3.26. The lowest BCUT2D eigenvalue weighted by Gasteiger charge is -2.07. The van der Waals surface area contributed by atoms with E-state index in [-0.39, 0.29) is 23.7 Å². The Morgan fingerprint density at radius 2 is 1.33 bits per heavy atom. The summed E-state index contributed by atoms with van der Waals surface area (Å²) in [6.07, 6.45) is 0.506. The Balaban J connectivity index is 1.58. The van der Waals surface area contributed by atoms with Crippen molar-refractivity contribution in [2.45, 2.75) is 6.42 Å². The second kappa shape index (κ2) is 7.01. The number of hydrogen-bond acceptors (Lipinski definition) is 2. The second-order valence-electron chi connectivity index (χ2n) is 5.60. The smallest absolute Gasteiger partial charge is 0.228 e. The Bertz CT molecular complexity index is 790. The van der Waals surface area contributed by atoms with E-state index in [1.807, 2.05) is 0 Å². The third kappa shape index (κ3) is 4.20. The first kappa shape index (κ1) is 17.1. The molecule has 1 aliphatic rings. The van der Waals surface area contributed by atoms with Crippen LogP contribution in [0.3, 0.4) is 0 Å². The van der Waals surface area contributed by atoms with Gasteiger partial charge in [0.2, 0.25) is 11.8 Å². The SMILES string of the molecule is O=C(Nc1cccc(Cl)c1)C1CC1C(=O)Nc1cc(Cl)cc(Cl)c1. The van der Waals surface area contributed by atoms with Crippen molar-refractivity contribution < 1.29 is 9.59 Å². The van der Waals surface area contributed by atoms with Gasteiger partial charge in [0.1, 0.15) is 0 Å². The van der Waals surface area contributed by atoms with Crippen LogP contribution in [0.1, 0.15) is 6.42 Å². The molecule has 1 aliphatic carbocycles. The largest absolute Gasteiger partial charge is 0.326 e. The molecular formula is C17H13Cl3N2O2. The van der Waals surface area contributed by atoms with E-state index in [0.29, 0.717) is 32.9 Å².